The Labute approximate surface area is 96.8 Å². The molecule has 0 aliphatic rings. The summed E-state index contributed by atoms with van der Waals surface area (Å²) in [5.41, 5.74) is -0.946. The van der Waals surface area contributed by atoms with Crippen molar-refractivity contribution in [3.63, 3.8) is 0 Å². The number of hydrogen-bond donors (Lipinski definition) is 3. The zero-order chi connectivity index (χ0) is 12.8. The third-order valence-corrected chi connectivity index (χ3v) is 2.48. The Hall–Kier alpha value is -0.650. The summed E-state index contributed by atoms with van der Waals surface area (Å²) in [6.45, 7) is 6.02. The summed E-state index contributed by atoms with van der Waals surface area (Å²) in [7, 11) is 1.57. The van der Waals surface area contributed by atoms with Gasteiger partial charge in [0.15, 0.2) is 0 Å². The van der Waals surface area contributed by atoms with Gasteiger partial charge >= 0.3 is 5.97 Å². The van der Waals surface area contributed by atoms with Gasteiger partial charge in [0.1, 0.15) is 6.04 Å². The zero-order valence-corrected chi connectivity index (χ0v) is 10.5. The Morgan fingerprint density at radius 3 is 2.44 bits per heavy atom. The SMILES string of the molecule is COCCC(C)(O)CNC(C(=O)O)C(C)C. The second-order valence-electron chi connectivity index (χ2n) is 4.68. The van der Waals surface area contributed by atoms with Crippen LogP contribution in [0, 0.1) is 5.92 Å². The molecule has 0 saturated carbocycles. The molecule has 0 spiro atoms. The van der Waals surface area contributed by atoms with E-state index in [2.05, 4.69) is 5.32 Å². The standard InChI is InChI=1S/C11H23NO4/c1-8(2)9(10(13)14)12-7-11(3,15)5-6-16-4/h8-9,12,15H,5-7H2,1-4H3,(H,13,14). The second kappa shape index (κ2) is 6.83. The Kier molecular flexibility index (Phi) is 6.55. The maximum atomic E-state index is 10.9. The molecule has 0 heterocycles. The number of ether oxygens (including phenoxy) is 1. The average Bonchev–Trinajstić information content (AvgIpc) is 2.13. The minimum absolute atomic E-state index is 0.0178. The van der Waals surface area contributed by atoms with Crippen LogP contribution < -0.4 is 5.32 Å². The van der Waals surface area contributed by atoms with E-state index < -0.39 is 17.6 Å². The van der Waals surface area contributed by atoms with Gasteiger partial charge < -0.3 is 20.3 Å². The zero-order valence-electron chi connectivity index (χ0n) is 10.5. The van der Waals surface area contributed by atoms with Gasteiger partial charge in [0.05, 0.1) is 5.60 Å². The van der Waals surface area contributed by atoms with Crippen molar-refractivity contribution in [1.82, 2.24) is 5.32 Å². The van der Waals surface area contributed by atoms with E-state index in [9.17, 15) is 9.90 Å². The van der Waals surface area contributed by atoms with Crippen molar-refractivity contribution in [1.29, 1.82) is 0 Å². The summed E-state index contributed by atoms with van der Waals surface area (Å²) < 4.78 is 4.88. The summed E-state index contributed by atoms with van der Waals surface area (Å²) in [5, 5.41) is 21.7. The molecular formula is C11H23NO4. The molecule has 0 radical (unpaired) electrons. The highest BCUT2D eigenvalue weighted by molar-refractivity contribution is 5.73. The molecule has 0 saturated heterocycles. The highest BCUT2D eigenvalue weighted by atomic mass is 16.5. The summed E-state index contributed by atoms with van der Waals surface area (Å²) in [6, 6.07) is -0.631. The number of aliphatic hydroxyl groups is 1. The van der Waals surface area contributed by atoms with Crippen molar-refractivity contribution in [2.24, 2.45) is 5.92 Å². The number of methoxy groups -OCH3 is 1. The van der Waals surface area contributed by atoms with Crippen LogP contribution in [-0.2, 0) is 9.53 Å². The first-order valence-electron chi connectivity index (χ1n) is 5.47. The maximum Gasteiger partial charge on any atom is 0.320 e. The predicted octanol–water partition coefficient (Wildman–Crippen LogP) is 0.473. The molecule has 0 aromatic rings. The van der Waals surface area contributed by atoms with Crippen molar-refractivity contribution >= 4 is 5.97 Å². The lowest BCUT2D eigenvalue weighted by atomic mass is 10.00. The van der Waals surface area contributed by atoms with Crippen molar-refractivity contribution in [2.75, 3.05) is 20.3 Å². The van der Waals surface area contributed by atoms with Gasteiger partial charge in [-0.1, -0.05) is 13.8 Å². The fraction of sp³-hybridized carbons (Fsp3) is 0.909. The fourth-order valence-corrected chi connectivity index (χ4v) is 1.35. The third kappa shape index (κ3) is 6.05. The number of carboxylic acids is 1. The largest absolute Gasteiger partial charge is 0.480 e. The van der Waals surface area contributed by atoms with E-state index >= 15 is 0 Å². The minimum atomic E-state index is -0.946. The second-order valence-corrected chi connectivity index (χ2v) is 4.68. The molecular weight excluding hydrogens is 210 g/mol. The first-order valence-corrected chi connectivity index (χ1v) is 5.47. The predicted molar refractivity (Wildman–Crippen MR) is 61.4 cm³/mol. The minimum Gasteiger partial charge on any atom is -0.480 e. The van der Waals surface area contributed by atoms with E-state index in [1.807, 2.05) is 13.8 Å². The highest BCUT2D eigenvalue weighted by Gasteiger charge is 2.26. The number of carbonyl (C=O) groups is 1. The van der Waals surface area contributed by atoms with Crippen LogP contribution in [0.2, 0.25) is 0 Å². The highest BCUT2D eigenvalue weighted by Crippen LogP contribution is 2.10. The first-order chi connectivity index (χ1) is 7.30. The van der Waals surface area contributed by atoms with Gasteiger partial charge in [0.2, 0.25) is 0 Å². The van der Waals surface area contributed by atoms with Gasteiger partial charge in [0.25, 0.3) is 0 Å². The van der Waals surface area contributed by atoms with E-state index in [0.717, 1.165) is 0 Å². The molecule has 0 aliphatic heterocycles. The van der Waals surface area contributed by atoms with E-state index in [4.69, 9.17) is 9.84 Å². The Balaban J connectivity index is 4.13. The number of aliphatic carboxylic acids is 1. The van der Waals surface area contributed by atoms with Crippen LogP contribution in [0.1, 0.15) is 27.2 Å². The van der Waals surface area contributed by atoms with Crippen LogP contribution in [-0.4, -0.2) is 48.1 Å². The molecule has 0 aromatic heterocycles. The average molecular weight is 233 g/mol. The number of hydrogen-bond acceptors (Lipinski definition) is 4. The molecule has 2 unspecified atom stereocenters. The van der Waals surface area contributed by atoms with Crippen molar-refractivity contribution in [3.05, 3.63) is 0 Å². The molecule has 0 fully saturated rings. The van der Waals surface area contributed by atoms with Gasteiger partial charge in [-0.25, -0.2) is 0 Å². The normalized spacial score (nSPS) is 17.1. The summed E-state index contributed by atoms with van der Waals surface area (Å²) in [5.74, 6) is -0.909. The summed E-state index contributed by atoms with van der Waals surface area (Å²) in [4.78, 5) is 10.9. The van der Waals surface area contributed by atoms with Crippen molar-refractivity contribution in [2.45, 2.75) is 38.8 Å². The van der Waals surface area contributed by atoms with Crippen molar-refractivity contribution < 1.29 is 19.7 Å². The van der Waals surface area contributed by atoms with E-state index in [-0.39, 0.29) is 12.5 Å². The smallest absolute Gasteiger partial charge is 0.320 e. The van der Waals surface area contributed by atoms with Crippen molar-refractivity contribution in [3.8, 4) is 0 Å². The van der Waals surface area contributed by atoms with Crippen LogP contribution in [0.4, 0.5) is 0 Å². The molecule has 0 rings (SSSR count). The van der Waals surface area contributed by atoms with Crippen LogP contribution >= 0.6 is 0 Å². The molecule has 3 N–H and O–H groups in total. The maximum absolute atomic E-state index is 10.9. The van der Waals surface area contributed by atoms with Gasteiger partial charge in [0, 0.05) is 26.7 Å². The first kappa shape index (κ1) is 15.3. The van der Waals surface area contributed by atoms with Gasteiger partial charge in [-0.05, 0) is 12.8 Å². The Bertz CT molecular complexity index is 216. The topological polar surface area (TPSA) is 78.8 Å². The number of carboxylic acid groups (broad SMARTS) is 1. The molecule has 0 amide bonds. The molecule has 0 bridgehead atoms. The lowest BCUT2D eigenvalue weighted by molar-refractivity contribution is -0.140. The molecule has 5 nitrogen and oxygen atoms in total. The number of rotatable bonds is 8. The molecule has 0 aromatic carbocycles. The van der Waals surface area contributed by atoms with Crippen LogP contribution in [0.3, 0.4) is 0 Å². The van der Waals surface area contributed by atoms with Gasteiger partial charge in [-0.3, -0.25) is 4.79 Å². The fourth-order valence-electron chi connectivity index (χ4n) is 1.35. The molecule has 5 heteroatoms. The molecule has 2 atom stereocenters. The third-order valence-electron chi connectivity index (χ3n) is 2.48. The van der Waals surface area contributed by atoms with Crippen LogP contribution in [0.15, 0.2) is 0 Å². The molecule has 16 heavy (non-hydrogen) atoms. The van der Waals surface area contributed by atoms with Crippen LogP contribution in [0.5, 0.6) is 0 Å². The van der Waals surface area contributed by atoms with Gasteiger partial charge in [-0.15, -0.1) is 0 Å². The lowest BCUT2D eigenvalue weighted by Crippen LogP contribution is -2.48. The summed E-state index contributed by atoms with van der Waals surface area (Å²) in [6.07, 6.45) is 0.473. The van der Waals surface area contributed by atoms with Gasteiger partial charge in [-0.2, -0.15) is 0 Å². The Morgan fingerprint density at radius 2 is 2.06 bits per heavy atom. The van der Waals surface area contributed by atoms with E-state index in [1.165, 1.54) is 0 Å². The quantitative estimate of drug-likeness (QED) is 0.568. The monoisotopic (exact) mass is 233 g/mol. The molecule has 0 aliphatic carbocycles. The lowest BCUT2D eigenvalue weighted by Gasteiger charge is -2.27. The Morgan fingerprint density at radius 1 is 1.50 bits per heavy atom. The number of nitrogens with one attached hydrogen (secondary N) is 1. The van der Waals surface area contributed by atoms with E-state index in [0.29, 0.717) is 13.0 Å². The van der Waals surface area contributed by atoms with E-state index in [1.54, 1.807) is 14.0 Å². The van der Waals surface area contributed by atoms with Crippen LogP contribution in [0.25, 0.3) is 0 Å². The summed E-state index contributed by atoms with van der Waals surface area (Å²) >= 11 is 0. The molecule has 96 valence electrons.